The number of rotatable bonds is 6. The second-order valence-corrected chi connectivity index (χ2v) is 7.12. The summed E-state index contributed by atoms with van der Waals surface area (Å²) in [7, 11) is 0. The molecule has 1 nitrogen and oxygen atoms in total. The maximum Gasteiger partial charge on any atom is 0.0259 e. The molecule has 0 saturated heterocycles. The van der Waals surface area contributed by atoms with Crippen molar-refractivity contribution in [2.75, 3.05) is 0 Å². The van der Waals surface area contributed by atoms with Gasteiger partial charge in [-0.05, 0) is 61.6 Å². The van der Waals surface area contributed by atoms with Crippen LogP contribution in [0.5, 0.6) is 0 Å². The number of hydrogen-bond donors (Lipinski definition) is 0. The van der Waals surface area contributed by atoms with E-state index in [1.165, 1.54) is 23.1 Å². The van der Waals surface area contributed by atoms with Crippen molar-refractivity contribution >= 4 is 6.21 Å². The molecule has 0 heterocycles. The van der Waals surface area contributed by atoms with Gasteiger partial charge in [0.1, 0.15) is 0 Å². The summed E-state index contributed by atoms with van der Waals surface area (Å²) in [4.78, 5) is 4.32. The van der Waals surface area contributed by atoms with Crippen LogP contribution in [0, 0.1) is 24.7 Å². The Morgan fingerprint density at radius 3 is 2.58 bits per heavy atom. The predicted octanol–water partition coefficient (Wildman–Crippen LogP) is 6.48. The highest BCUT2D eigenvalue weighted by atomic mass is 14.7. The Bertz CT molecular complexity index is 648. The summed E-state index contributed by atoms with van der Waals surface area (Å²) in [6.45, 7) is 11.1. The molecule has 0 radical (unpaired) electrons. The lowest BCUT2D eigenvalue weighted by atomic mass is 9.73. The van der Waals surface area contributed by atoms with Gasteiger partial charge in [-0.1, -0.05) is 62.4 Å². The maximum atomic E-state index is 4.32. The largest absolute Gasteiger partial charge is 0.269 e. The second-order valence-electron chi connectivity index (χ2n) is 7.12. The summed E-state index contributed by atoms with van der Waals surface area (Å²) in [5.74, 6) is 2.21. The average molecular weight is 322 g/mol. The highest BCUT2D eigenvalue weighted by Gasteiger charge is 2.27. The monoisotopic (exact) mass is 321 g/mol. The molecule has 0 bridgehead atoms. The minimum Gasteiger partial charge on any atom is -0.269 e. The normalized spacial score (nSPS) is 23.6. The maximum absolute atomic E-state index is 4.32. The van der Waals surface area contributed by atoms with Gasteiger partial charge in [-0.15, -0.1) is 0 Å². The fraction of sp³-hybridized carbons (Fsp3) is 0.435. The number of aryl methyl sites for hydroxylation is 1. The minimum atomic E-state index is 0.456. The van der Waals surface area contributed by atoms with Gasteiger partial charge in [0.05, 0.1) is 0 Å². The molecule has 0 spiro atoms. The zero-order valence-corrected chi connectivity index (χ0v) is 15.7. The van der Waals surface area contributed by atoms with E-state index in [2.05, 4.69) is 81.3 Å². The highest BCUT2D eigenvalue weighted by Crippen LogP contribution is 2.37. The van der Waals surface area contributed by atoms with E-state index >= 15 is 0 Å². The van der Waals surface area contributed by atoms with Crippen molar-refractivity contribution in [3.63, 3.8) is 0 Å². The quantitative estimate of drug-likeness (QED) is 0.532. The van der Waals surface area contributed by atoms with Gasteiger partial charge in [0, 0.05) is 18.3 Å². The van der Waals surface area contributed by atoms with Gasteiger partial charge in [0.2, 0.25) is 0 Å². The Balaban J connectivity index is 2.12. The number of aliphatic imine (C=N–C) groups is 1. The first kappa shape index (κ1) is 18.4. The zero-order valence-electron chi connectivity index (χ0n) is 15.7. The van der Waals surface area contributed by atoms with E-state index in [1.807, 2.05) is 19.3 Å². The van der Waals surface area contributed by atoms with Crippen LogP contribution in [0.2, 0.25) is 0 Å². The van der Waals surface area contributed by atoms with Crippen molar-refractivity contribution in [2.24, 2.45) is 22.7 Å². The van der Waals surface area contributed by atoms with E-state index in [0.29, 0.717) is 23.7 Å². The topological polar surface area (TPSA) is 12.4 Å². The summed E-state index contributed by atoms with van der Waals surface area (Å²) >= 11 is 0. The van der Waals surface area contributed by atoms with Crippen LogP contribution in [0.25, 0.3) is 0 Å². The molecule has 0 aliphatic heterocycles. The van der Waals surface area contributed by atoms with Crippen molar-refractivity contribution in [1.29, 1.82) is 0 Å². The summed E-state index contributed by atoms with van der Waals surface area (Å²) in [6, 6.07) is 8.79. The third-order valence-corrected chi connectivity index (χ3v) is 5.23. The van der Waals surface area contributed by atoms with Crippen LogP contribution in [0.15, 0.2) is 65.3 Å². The van der Waals surface area contributed by atoms with Crippen LogP contribution in [0.3, 0.4) is 0 Å². The Kier molecular flexibility index (Phi) is 6.78. The molecule has 0 aromatic heterocycles. The molecular formula is C23H31N. The van der Waals surface area contributed by atoms with E-state index in [0.717, 1.165) is 0 Å². The van der Waals surface area contributed by atoms with Crippen molar-refractivity contribution in [3.05, 3.63) is 71.5 Å². The van der Waals surface area contributed by atoms with E-state index in [1.54, 1.807) is 0 Å². The van der Waals surface area contributed by atoms with E-state index < -0.39 is 0 Å². The molecule has 128 valence electrons. The van der Waals surface area contributed by atoms with E-state index in [4.69, 9.17) is 0 Å². The Hall–Kier alpha value is -1.89. The zero-order chi connectivity index (χ0) is 17.5. The smallest absolute Gasteiger partial charge is 0.0259 e. The summed E-state index contributed by atoms with van der Waals surface area (Å²) in [6.07, 6.45) is 14.2. The van der Waals surface area contributed by atoms with Crippen LogP contribution in [-0.2, 0) is 0 Å². The van der Waals surface area contributed by atoms with Crippen LogP contribution >= 0.6 is 0 Å². The first-order valence-electron chi connectivity index (χ1n) is 9.09. The van der Waals surface area contributed by atoms with Crippen LogP contribution < -0.4 is 0 Å². The summed E-state index contributed by atoms with van der Waals surface area (Å²) in [5.41, 5.74) is 4.23. The van der Waals surface area contributed by atoms with Crippen molar-refractivity contribution < 1.29 is 0 Å². The molecule has 1 aliphatic rings. The molecule has 2 rings (SSSR count). The molecule has 0 fully saturated rings. The number of nitrogens with zero attached hydrogens (tertiary/aromatic N) is 1. The number of allylic oxidation sites excluding steroid dienone is 5. The summed E-state index contributed by atoms with van der Waals surface area (Å²) in [5, 5.41) is 0. The SMILES string of the molecule is CC=N/C=C(\C)C1C=CC=CC1C(C)CC(C)c1ccccc1C. The number of hydrogen-bond acceptors (Lipinski definition) is 1. The molecule has 4 atom stereocenters. The predicted molar refractivity (Wildman–Crippen MR) is 107 cm³/mol. The lowest BCUT2D eigenvalue weighted by molar-refractivity contribution is 0.330. The lowest BCUT2D eigenvalue weighted by Crippen LogP contribution is -2.22. The fourth-order valence-electron chi connectivity index (χ4n) is 3.88. The third kappa shape index (κ3) is 4.56. The van der Waals surface area contributed by atoms with E-state index in [9.17, 15) is 0 Å². The molecule has 0 N–H and O–H groups in total. The van der Waals surface area contributed by atoms with Crippen molar-refractivity contribution in [1.82, 2.24) is 0 Å². The molecule has 0 saturated carbocycles. The van der Waals surface area contributed by atoms with Crippen LogP contribution in [-0.4, -0.2) is 6.21 Å². The highest BCUT2D eigenvalue weighted by molar-refractivity contribution is 5.54. The van der Waals surface area contributed by atoms with Crippen LogP contribution in [0.1, 0.15) is 51.2 Å². The first-order chi connectivity index (χ1) is 11.5. The molecule has 1 aliphatic carbocycles. The van der Waals surface area contributed by atoms with Gasteiger partial charge in [-0.3, -0.25) is 4.99 Å². The standard InChI is InChI=1S/C23H31N/c1-6-24-16-20(5)23-14-10-9-13-22(23)19(4)15-18(3)21-12-8-7-11-17(21)2/h6-14,16,18-19,22-23H,15H2,1-5H3/b20-16+,24-6?. The van der Waals surface area contributed by atoms with Gasteiger partial charge in [0.25, 0.3) is 0 Å². The van der Waals surface area contributed by atoms with Crippen LogP contribution in [0.4, 0.5) is 0 Å². The number of benzene rings is 1. The van der Waals surface area contributed by atoms with Gasteiger partial charge in [-0.25, -0.2) is 0 Å². The minimum absolute atomic E-state index is 0.456. The van der Waals surface area contributed by atoms with E-state index in [-0.39, 0.29) is 0 Å². The molecule has 0 amide bonds. The van der Waals surface area contributed by atoms with Gasteiger partial charge < -0.3 is 0 Å². The molecule has 24 heavy (non-hydrogen) atoms. The Labute approximate surface area is 147 Å². The second kappa shape index (κ2) is 8.82. The molecule has 4 unspecified atom stereocenters. The lowest BCUT2D eigenvalue weighted by Gasteiger charge is -2.32. The fourth-order valence-corrected chi connectivity index (χ4v) is 3.88. The molecule has 1 heteroatoms. The first-order valence-corrected chi connectivity index (χ1v) is 9.09. The van der Waals surface area contributed by atoms with Gasteiger partial charge in [0.15, 0.2) is 0 Å². The molecule has 1 aromatic carbocycles. The van der Waals surface area contributed by atoms with Gasteiger partial charge in [-0.2, -0.15) is 0 Å². The summed E-state index contributed by atoms with van der Waals surface area (Å²) < 4.78 is 0. The third-order valence-electron chi connectivity index (χ3n) is 5.23. The van der Waals surface area contributed by atoms with Crippen molar-refractivity contribution in [3.8, 4) is 0 Å². The Morgan fingerprint density at radius 2 is 1.88 bits per heavy atom. The average Bonchev–Trinajstić information content (AvgIpc) is 2.59. The molecule has 1 aromatic rings. The Morgan fingerprint density at radius 1 is 1.17 bits per heavy atom. The van der Waals surface area contributed by atoms with Gasteiger partial charge >= 0.3 is 0 Å². The van der Waals surface area contributed by atoms with Crippen molar-refractivity contribution in [2.45, 2.75) is 47.0 Å². The molecular weight excluding hydrogens is 290 g/mol.